The van der Waals surface area contributed by atoms with Crippen LogP contribution in [0.2, 0.25) is 0 Å². The molecule has 0 aliphatic carbocycles. The Morgan fingerprint density at radius 1 is 0.933 bits per heavy atom. The number of nitrogens with zero attached hydrogens (tertiary/aromatic N) is 2. The standard InChI is InChI=1S/C24H27N3O3/c1-15-9-16(2)11-21(10-15)27-17(3)12-20(18(27)4)14-25-26-24(28)19-7-8-22(29-5)23(13-19)30-6/h7-14H,1-6H3,(H,26,28)/b25-14+. The largest absolute Gasteiger partial charge is 0.493 e. The summed E-state index contributed by atoms with van der Waals surface area (Å²) in [5.41, 5.74) is 9.67. The van der Waals surface area contributed by atoms with E-state index in [4.69, 9.17) is 9.47 Å². The molecule has 6 nitrogen and oxygen atoms in total. The van der Waals surface area contributed by atoms with Crippen LogP contribution in [-0.4, -0.2) is 30.9 Å². The number of amides is 1. The summed E-state index contributed by atoms with van der Waals surface area (Å²) in [7, 11) is 3.08. The summed E-state index contributed by atoms with van der Waals surface area (Å²) in [4.78, 5) is 12.4. The summed E-state index contributed by atoms with van der Waals surface area (Å²) in [5.74, 6) is 0.734. The van der Waals surface area contributed by atoms with Crippen LogP contribution < -0.4 is 14.9 Å². The van der Waals surface area contributed by atoms with Gasteiger partial charge < -0.3 is 14.0 Å². The SMILES string of the molecule is COc1ccc(C(=O)N/N=C/c2cc(C)n(-c3cc(C)cc(C)c3)c2C)cc1OC. The van der Waals surface area contributed by atoms with Crippen molar-refractivity contribution in [2.45, 2.75) is 27.7 Å². The lowest BCUT2D eigenvalue weighted by Crippen LogP contribution is -2.17. The van der Waals surface area contributed by atoms with Crippen LogP contribution in [0.15, 0.2) is 47.6 Å². The molecule has 0 saturated carbocycles. The zero-order chi connectivity index (χ0) is 21.8. The second-order valence-electron chi connectivity index (χ2n) is 7.28. The first-order chi connectivity index (χ1) is 14.3. The Labute approximate surface area is 177 Å². The fourth-order valence-electron chi connectivity index (χ4n) is 3.60. The van der Waals surface area contributed by atoms with Gasteiger partial charge in [-0.25, -0.2) is 5.43 Å². The van der Waals surface area contributed by atoms with Gasteiger partial charge in [0.1, 0.15) is 0 Å². The molecule has 0 unspecified atom stereocenters. The van der Waals surface area contributed by atoms with Crippen LogP contribution in [0.4, 0.5) is 0 Å². The molecular formula is C24H27N3O3. The zero-order valence-corrected chi connectivity index (χ0v) is 18.2. The number of carbonyl (C=O) groups is 1. The van der Waals surface area contributed by atoms with Crippen molar-refractivity contribution in [3.05, 3.63) is 76.1 Å². The molecule has 3 rings (SSSR count). The van der Waals surface area contributed by atoms with Crippen molar-refractivity contribution in [2.24, 2.45) is 5.10 Å². The van der Waals surface area contributed by atoms with Crippen molar-refractivity contribution in [1.82, 2.24) is 9.99 Å². The van der Waals surface area contributed by atoms with Crippen molar-refractivity contribution in [3.63, 3.8) is 0 Å². The van der Waals surface area contributed by atoms with E-state index in [2.05, 4.69) is 60.1 Å². The van der Waals surface area contributed by atoms with E-state index in [1.165, 1.54) is 18.2 Å². The number of benzene rings is 2. The van der Waals surface area contributed by atoms with Crippen LogP contribution in [0.3, 0.4) is 0 Å². The van der Waals surface area contributed by atoms with Gasteiger partial charge in [-0.1, -0.05) is 6.07 Å². The molecule has 6 heteroatoms. The highest BCUT2D eigenvalue weighted by Crippen LogP contribution is 2.27. The number of ether oxygens (including phenoxy) is 2. The van der Waals surface area contributed by atoms with Crippen molar-refractivity contribution >= 4 is 12.1 Å². The van der Waals surface area contributed by atoms with Gasteiger partial charge in [-0.15, -0.1) is 0 Å². The average molecular weight is 405 g/mol. The number of hydrogen-bond acceptors (Lipinski definition) is 4. The molecule has 1 amide bonds. The van der Waals surface area contributed by atoms with Gasteiger partial charge in [0, 0.05) is 28.2 Å². The number of aromatic nitrogens is 1. The summed E-state index contributed by atoms with van der Waals surface area (Å²) in [6.07, 6.45) is 1.67. The maximum absolute atomic E-state index is 12.4. The van der Waals surface area contributed by atoms with Gasteiger partial charge in [-0.2, -0.15) is 5.10 Å². The molecule has 1 heterocycles. The predicted molar refractivity (Wildman–Crippen MR) is 119 cm³/mol. The quantitative estimate of drug-likeness (QED) is 0.485. The van der Waals surface area contributed by atoms with Crippen molar-refractivity contribution in [3.8, 4) is 17.2 Å². The summed E-state index contributed by atoms with van der Waals surface area (Å²) >= 11 is 0. The fraction of sp³-hybridized carbons (Fsp3) is 0.250. The van der Waals surface area contributed by atoms with Crippen LogP contribution in [0.5, 0.6) is 11.5 Å². The first-order valence-corrected chi connectivity index (χ1v) is 9.67. The summed E-state index contributed by atoms with van der Waals surface area (Å²) in [6.45, 7) is 8.29. The Kier molecular flexibility index (Phi) is 6.26. The molecule has 1 N–H and O–H groups in total. The van der Waals surface area contributed by atoms with E-state index in [-0.39, 0.29) is 5.91 Å². The lowest BCUT2D eigenvalue weighted by Gasteiger charge is -2.11. The molecule has 0 aliphatic heterocycles. The third-order valence-electron chi connectivity index (χ3n) is 4.95. The number of carbonyl (C=O) groups excluding carboxylic acids is 1. The van der Waals surface area contributed by atoms with Crippen LogP contribution in [0.25, 0.3) is 5.69 Å². The lowest BCUT2D eigenvalue weighted by atomic mass is 10.1. The normalized spacial score (nSPS) is 11.0. The molecule has 0 fully saturated rings. The van der Waals surface area contributed by atoms with Crippen LogP contribution >= 0.6 is 0 Å². The summed E-state index contributed by atoms with van der Waals surface area (Å²) < 4.78 is 12.6. The maximum atomic E-state index is 12.4. The predicted octanol–water partition coefficient (Wildman–Crippen LogP) is 4.49. The third kappa shape index (κ3) is 4.38. The minimum absolute atomic E-state index is 0.324. The number of hydrazone groups is 1. The second-order valence-corrected chi connectivity index (χ2v) is 7.28. The molecule has 0 radical (unpaired) electrons. The smallest absolute Gasteiger partial charge is 0.271 e. The van der Waals surface area contributed by atoms with Gasteiger partial charge in [-0.3, -0.25) is 4.79 Å². The first kappa shape index (κ1) is 21.2. The summed E-state index contributed by atoms with van der Waals surface area (Å²) in [5, 5.41) is 4.15. The highest BCUT2D eigenvalue weighted by Gasteiger charge is 2.12. The van der Waals surface area contributed by atoms with Crippen LogP contribution in [0, 0.1) is 27.7 Å². The number of methoxy groups -OCH3 is 2. The number of rotatable bonds is 6. The van der Waals surface area contributed by atoms with Gasteiger partial charge in [-0.05, 0) is 75.2 Å². The maximum Gasteiger partial charge on any atom is 0.271 e. The molecule has 3 aromatic rings. The minimum Gasteiger partial charge on any atom is -0.493 e. The van der Waals surface area contributed by atoms with E-state index in [1.54, 1.807) is 31.5 Å². The van der Waals surface area contributed by atoms with Crippen molar-refractivity contribution in [2.75, 3.05) is 14.2 Å². The molecule has 0 bridgehead atoms. The van der Waals surface area contributed by atoms with Gasteiger partial charge in [0.15, 0.2) is 11.5 Å². The number of aryl methyl sites for hydroxylation is 3. The zero-order valence-electron chi connectivity index (χ0n) is 18.2. The highest BCUT2D eigenvalue weighted by atomic mass is 16.5. The van der Waals surface area contributed by atoms with E-state index in [9.17, 15) is 4.79 Å². The van der Waals surface area contributed by atoms with Crippen molar-refractivity contribution < 1.29 is 14.3 Å². The average Bonchev–Trinajstić information content (AvgIpc) is 2.99. The van der Waals surface area contributed by atoms with E-state index in [0.717, 1.165) is 22.6 Å². The molecule has 0 aliphatic rings. The Balaban J connectivity index is 1.79. The van der Waals surface area contributed by atoms with Gasteiger partial charge in [0.2, 0.25) is 0 Å². The summed E-state index contributed by atoms with van der Waals surface area (Å²) in [6, 6.07) is 13.5. The number of hydrogen-bond donors (Lipinski definition) is 1. The second kappa shape index (κ2) is 8.86. The van der Waals surface area contributed by atoms with Gasteiger partial charge in [0.05, 0.1) is 20.4 Å². The molecule has 156 valence electrons. The van der Waals surface area contributed by atoms with E-state index in [1.807, 2.05) is 6.92 Å². The molecule has 2 aromatic carbocycles. The van der Waals surface area contributed by atoms with Gasteiger partial charge in [0.25, 0.3) is 5.91 Å². The van der Waals surface area contributed by atoms with E-state index < -0.39 is 0 Å². The van der Waals surface area contributed by atoms with E-state index >= 15 is 0 Å². The topological polar surface area (TPSA) is 64.8 Å². The van der Waals surface area contributed by atoms with Crippen molar-refractivity contribution in [1.29, 1.82) is 0 Å². The highest BCUT2D eigenvalue weighted by molar-refractivity contribution is 5.95. The molecule has 0 saturated heterocycles. The van der Waals surface area contributed by atoms with Gasteiger partial charge >= 0.3 is 0 Å². The number of nitrogens with one attached hydrogen (secondary N) is 1. The fourth-order valence-corrected chi connectivity index (χ4v) is 3.60. The molecule has 0 atom stereocenters. The first-order valence-electron chi connectivity index (χ1n) is 9.67. The lowest BCUT2D eigenvalue weighted by molar-refractivity contribution is 0.0954. The molecule has 0 spiro atoms. The molecule has 30 heavy (non-hydrogen) atoms. The van der Waals surface area contributed by atoms with Crippen LogP contribution in [0.1, 0.15) is 38.4 Å². The Hall–Kier alpha value is -3.54. The minimum atomic E-state index is -0.324. The molecular weight excluding hydrogens is 378 g/mol. The Bertz CT molecular complexity index is 1090. The van der Waals surface area contributed by atoms with E-state index in [0.29, 0.717) is 17.1 Å². The third-order valence-corrected chi connectivity index (χ3v) is 4.95. The van der Waals surface area contributed by atoms with Crippen LogP contribution in [-0.2, 0) is 0 Å². The Morgan fingerprint density at radius 2 is 1.60 bits per heavy atom. The monoisotopic (exact) mass is 405 g/mol. The Morgan fingerprint density at radius 3 is 2.23 bits per heavy atom. The molecule has 1 aromatic heterocycles.